The van der Waals surface area contributed by atoms with E-state index in [1.165, 1.54) is 0 Å². The van der Waals surface area contributed by atoms with Gasteiger partial charge in [0.15, 0.2) is 0 Å². The first-order valence-electron chi connectivity index (χ1n) is 19.9. The second-order valence-corrected chi connectivity index (χ2v) is 16.8. The lowest BCUT2D eigenvalue weighted by molar-refractivity contribution is -0.259. The van der Waals surface area contributed by atoms with E-state index in [2.05, 4.69) is 20.1 Å². The Hall–Kier alpha value is -1.62. The summed E-state index contributed by atoms with van der Waals surface area (Å²) in [7, 11) is 1.58. The fourth-order valence-corrected chi connectivity index (χ4v) is 10.1. The molecule has 0 saturated carbocycles. The summed E-state index contributed by atoms with van der Waals surface area (Å²) in [5, 5.41) is 42.6. The number of ether oxygens (including phenoxy) is 7. The van der Waals surface area contributed by atoms with Crippen LogP contribution in [0.4, 0.5) is 0 Å². The predicted molar refractivity (Wildman–Crippen MR) is 189 cm³/mol. The maximum Gasteiger partial charge on any atom is 0.135 e. The molecule has 7 aliphatic rings. The third-order valence-electron chi connectivity index (χ3n) is 13.1. The van der Waals surface area contributed by atoms with Crippen LogP contribution in [0.2, 0.25) is 0 Å². The van der Waals surface area contributed by atoms with Crippen molar-refractivity contribution in [1.29, 1.82) is 0 Å². The molecular weight excluding hydrogens is 688 g/mol. The Balaban J connectivity index is 1.11. The summed E-state index contributed by atoms with van der Waals surface area (Å²) in [5.41, 5.74) is 2.00. The van der Waals surface area contributed by atoms with Crippen LogP contribution in [0.1, 0.15) is 90.4 Å². The molecule has 7 rings (SSSR count). The number of methoxy groups -OCH3 is 1. The van der Waals surface area contributed by atoms with E-state index in [9.17, 15) is 30.0 Å². The number of hydrogen-bond acceptors (Lipinski definition) is 13. The molecule has 0 amide bonds. The van der Waals surface area contributed by atoms with Crippen LogP contribution in [0, 0.1) is 11.8 Å². The van der Waals surface area contributed by atoms with Gasteiger partial charge in [-0.2, -0.15) is 0 Å². The van der Waals surface area contributed by atoms with E-state index in [0.717, 1.165) is 30.4 Å². The minimum Gasteiger partial charge on any atom is -0.394 e. The zero-order valence-electron chi connectivity index (χ0n) is 31.2. The number of carbonyl (C=O) groups excluding carboxylic acids is 2. The number of fused-ring (bicyclic) bond motifs is 7. The Kier molecular flexibility index (Phi) is 12.6. The van der Waals surface area contributed by atoms with Gasteiger partial charge in [-0.1, -0.05) is 20.1 Å². The lowest BCUT2D eigenvalue weighted by Crippen LogP contribution is -2.61. The van der Waals surface area contributed by atoms with Crippen LogP contribution in [0.15, 0.2) is 24.3 Å². The third kappa shape index (κ3) is 8.56. The summed E-state index contributed by atoms with van der Waals surface area (Å²) in [6.07, 6.45) is -3.55. The molecule has 298 valence electrons. The molecule has 2 unspecified atom stereocenters. The normalized spacial score (nSPS) is 47.7. The van der Waals surface area contributed by atoms with Crippen LogP contribution in [-0.4, -0.2) is 143 Å². The molecule has 8 bridgehead atoms. The number of aliphatic hydroxyl groups is 4. The highest BCUT2D eigenvalue weighted by molar-refractivity contribution is 5.79. The minimum absolute atomic E-state index is 0.00643. The van der Waals surface area contributed by atoms with Crippen molar-refractivity contribution in [2.75, 3.05) is 13.7 Å². The molecule has 7 saturated heterocycles. The highest BCUT2D eigenvalue weighted by atomic mass is 16.6. The van der Waals surface area contributed by atoms with Crippen molar-refractivity contribution >= 4 is 11.6 Å². The summed E-state index contributed by atoms with van der Waals surface area (Å²) >= 11 is 0. The molecule has 18 atom stereocenters. The van der Waals surface area contributed by atoms with E-state index in [4.69, 9.17) is 33.2 Å². The lowest BCUT2D eigenvalue weighted by Gasteiger charge is -2.46. The highest BCUT2D eigenvalue weighted by Crippen LogP contribution is 2.43. The second kappa shape index (κ2) is 16.9. The molecule has 0 aromatic carbocycles. The zero-order chi connectivity index (χ0) is 37.6. The fraction of sp³-hybridized carbons (Fsp3) is 0.850. The molecule has 13 heteroatoms. The maximum atomic E-state index is 13.9. The van der Waals surface area contributed by atoms with Gasteiger partial charge in [-0.3, -0.25) is 9.59 Å². The Morgan fingerprint density at radius 2 is 1.45 bits per heavy atom. The first-order valence-corrected chi connectivity index (χ1v) is 19.9. The SMILES string of the molecule is C=C1C[C@@H]2CCC(=O)CC3O[C@@H]4C(O[C@H]5CC[C@H](CC(=O)C[C@@H]6[C@@H](OC)[C@@H](C[C@H](O)CO)O[C@H]6C[C@H]6O[C@@H](CC[C@@H]1O2)C[C@@H](C)C6=C)O[C@@H]5[C@@H]4O)[C@H]3O. The second-order valence-electron chi connectivity index (χ2n) is 16.8. The smallest absolute Gasteiger partial charge is 0.135 e. The maximum absolute atomic E-state index is 13.9. The quantitative estimate of drug-likeness (QED) is 0.308. The largest absolute Gasteiger partial charge is 0.394 e. The molecule has 4 N–H and O–H groups in total. The van der Waals surface area contributed by atoms with Gasteiger partial charge in [0, 0.05) is 51.6 Å². The summed E-state index contributed by atoms with van der Waals surface area (Å²) in [6.45, 7) is 10.4. The highest BCUT2D eigenvalue weighted by Gasteiger charge is 2.57. The predicted octanol–water partition coefficient (Wildman–Crippen LogP) is 2.27. The van der Waals surface area contributed by atoms with Gasteiger partial charge < -0.3 is 53.6 Å². The molecule has 7 heterocycles. The standard InChI is InChI=1S/C40H60O13/c1-19-11-26-7-9-29-20(2)12-25(48-29)6-5-22(42)15-33-35(45)39-40(53-33)36(46)38-30(52-39)10-8-27(50-38)13-23(43)14-28-32(17-31(49-26)21(19)3)51-34(37(28)47-4)16-24(44)18-41/h19,24-41,44-46H,2-3,5-18H2,1,4H3/t19-,24+,25+,26+,27-,28+,29+,30+,31-,32+,33?,34-,35+,36+,37-,38+,39?,40+/m1/s1. The summed E-state index contributed by atoms with van der Waals surface area (Å²) in [4.78, 5) is 27.0. The number of ketones is 2. The van der Waals surface area contributed by atoms with E-state index in [1.54, 1.807) is 7.11 Å². The number of aliphatic hydroxyl groups excluding tert-OH is 4. The van der Waals surface area contributed by atoms with Gasteiger partial charge in [0.1, 0.15) is 42.1 Å². The molecule has 0 aliphatic carbocycles. The molecule has 0 spiro atoms. The first kappa shape index (κ1) is 39.6. The van der Waals surface area contributed by atoms with Crippen LogP contribution >= 0.6 is 0 Å². The number of Topliss-reactive ketones (excluding diaryl/α,β-unsaturated/α-hetero) is 2. The Bertz CT molecular complexity index is 1340. The fourth-order valence-electron chi connectivity index (χ4n) is 10.1. The van der Waals surface area contributed by atoms with Crippen molar-refractivity contribution in [2.24, 2.45) is 11.8 Å². The number of hydrogen-bond donors (Lipinski definition) is 4. The molecule has 0 aromatic heterocycles. The van der Waals surface area contributed by atoms with Crippen LogP contribution in [0.3, 0.4) is 0 Å². The first-order chi connectivity index (χ1) is 25.4. The van der Waals surface area contributed by atoms with Crippen LogP contribution in [0.25, 0.3) is 0 Å². The van der Waals surface area contributed by atoms with Crippen molar-refractivity contribution < 1.29 is 63.2 Å². The van der Waals surface area contributed by atoms with E-state index in [-0.39, 0.29) is 79.9 Å². The van der Waals surface area contributed by atoms with Crippen LogP contribution < -0.4 is 0 Å². The van der Waals surface area contributed by atoms with Gasteiger partial charge in [-0.15, -0.1) is 0 Å². The van der Waals surface area contributed by atoms with Crippen molar-refractivity contribution in [3.63, 3.8) is 0 Å². The van der Waals surface area contributed by atoms with E-state index < -0.39 is 79.9 Å². The summed E-state index contributed by atoms with van der Waals surface area (Å²) in [5.74, 6) is -0.221. The number of rotatable bonds is 4. The van der Waals surface area contributed by atoms with Gasteiger partial charge >= 0.3 is 0 Å². The Morgan fingerprint density at radius 3 is 2.23 bits per heavy atom. The van der Waals surface area contributed by atoms with Crippen LogP contribution in [-0.2, 0) is 42.7 Å². The van der Waals surface area contributed by atoms with E-state index in [0.29, 0.717) is 32.1 Å². The van der Waals surface area contributed by atoms with Gasteiger partial charge in [0.25, 0.3) is 0 Å². The zero-order valence-corrected chi connectivity index (χ0v) is 31.2. The molecule has 7 fully saturated rings. The molecular formula is C40H60O13. The van der Waals surface area contributed by atoms with Gasteiger partial charge in [-0.25, -0.2) is 0 Å². The average molecular weight is 749 g/mol. The third-order valence-corrected chi connectivity index (χ3v) is 13.1. The number of carbonyl (C=O) groups is 2. The van der Waals surface area contributed by atoms with Crippen molar-refractivity contribution in [2.45, 2.75) is 188 Å². The van der Waals surface area contributed by atoms with Gasteiger partial charge in [0.2, 0.25) is 0 Å². The lowest BCUT2D eigenvalue weighted by atomic mass is 9.81. The molecule has 7 aliphatic heterocycles. The monoisotopic (exact) mass is 748 g/mol. The Morgan fingerprint density at radius 1 is 0.736 bits per heavy atom. The Labute approximate surface area is 312 Å². The van der Waals surface area contributed by atoms with Crippen molar-refractivity contribution in [3.8, 4) is 0 Å². The van der Waals surface area contributed by atoms with Gasteiger partial charge in [-0.05, 0) is 62.0 Å². The minimum atomic E-state index is -1.10. The summed E-state index contributed by atoms with van der Waals surface area (Å²) in [6, 6.07) is 0. The average Bonchev–Trinajstić information content (AvgIpc) is 3.76. The van der Waals surface area contributed by atoms with E-state index in [1.807, 2.05) is 0 Å². The van der Waals surface area contributed by atoms with E-state index >= 15 is 0 Å². The van der Waals surface area contributed by atoms with Crippen molar-refractivity contribution in [1.82, 2.24) is 0 Å². The van der Waals surface area contributed by atoms with Crippen molar-refractivity contribution in [3.05, 3.63) is 24.3 Å². The molecule has 0 aromatic rings. The van der Waals surface area contributed by atoms with Crippen LogP contribution in [0.5, 0.6) is 0 Å². The summed E-state index contributed by atoms with van der Waals surface area (Å²) < 4.78 is 44.3. The molecule has 13 nitrogen and oxygen atoms in total. The molecule has 53 heavy (non-hydrogen) atoms. The van der Waals surface area contributed by atoms with Gasteiger partial charge in [0.05, 0.1) is 73.8 Å². The topological polar surface area (TPSA) is 180 Å². The molecule has 0 radical (unpaired) electrons.